The minimum absolute atomic E-state index is 0.0624. The summed E-state index contributed by atoms with van der Waals surface area (Å²) in [5.74, 6) is 1.05. The van der Waals surface area contributed by atoms with Gasteiger partial charge in [-0.1, -0.05) is 26.0 Å². The van der Waals surface area contributed by atoms with Gasteiger partial charge in [-0.15, -0.1) is 0 Å². The van der Waals surface area contributed by atoms with Crippen LogP contribution in [0, 0.1) is 5.92 Å². The number of fused-ring (bicyclic) bond motifs is 1. The molecule has 102 valence electrons. The molecule has 6 heteroatoms. The highest BCUT2D eigenvalue weighted by atomic mass is 16.1. The smallest absolute Gasteiger partial charge is 0.228 e. The summed E-state index contributed by atoms with van der Waals surface area (Å²) in [6.45, 7) is 3.67. The topological polar surface area (TPSA) is 86.5 Å². The number of imidazole rings is 1. The van der Waals surface area contributed by atoms with Gasteiger partial charge in [0.25, 0.3) is 0 Å². The number of anilines is 1. The van der Waals surface area contributed by atoms with E-state index in [-0.39, 0.29) is 11.8 Å². The molecule has 6 nitrogen and oxygen atoms in total. The van der Waals surface area contributed by atoms with E-state index in [0.717, 1.165) is 16.7 Å². The van der Waals surface area contributed by atoms with Gasteiger partial charge in [0.05, 0.1) is 11.0 Å². The fourth-order valence-corrected chi connectivity index (χ4v) is 1.86. The molecule has 0 saturated carbocycles. The Labute approximate surface area is 115 Å². The average molecular weight is 269 g/mol. The third-order valence-electron chi connectivity index (χ3n) is 3.00. The Morgan fingerprint density at radius 3 is 2.85 bits per heavy atom. The molecule has 0 bridgehead atoms. The van der Waals surface area contributed by atoms with Gasteiger partial charge in [-0.25, -0.2) is 4.98 Å². The lowest BCUT2D eigenvalue weighted by atomic mass is 10.2. The predicted octanol–water partition coefficient (Wildman–Crippen LogP) is 2.55. The first-order valence-corrected chi connectivity index (χ1v) is 6.45. The summed E-state index contributed by atoms with van der Waals surface area (Å²) in [4.78, 5) is 19.3. The minimum Gasteiger partial charge on any atom is -0.337 e. The van der Waals surface area contributed by atoms with E-state index in [0.29, 0.717) is 11.6 Å². The summed E-state index contributed by atoms with van der Waals surface area (Å²) < 4.78 is 0. The quantitative estimate of drug-likeness (QED) is 0.683. The lowest BCUT2D eigenvalue weighted by Crippen LogP contribution is -2.17. The average Bonchev–Trinajstić information content (AvgIpc) is 3.03. The summed E-state index contributed by atoms with van der Waals surface area (Å²) >= 11 is 0. The first kappa shape index (κ1) is 12.4. The van der Waals surface area contributed by atoms with Gasteiger partial charge in [0.1, 0.15) is 5.69 Å². The zero-order valence-corrected chi connectivity index (χ0v) is 11.3. The zero-order chi connectivity index (χ0) is 14.1. The van der Waals surface area contributed by atoms with Crippen LogP contribution in [0.5, 0.6) is 0 Å². The SMILES string of the molecule is CC(C)C(=O)Nc1cc(-c2nc3ccccc3[nH]2)[nH]n1. The molecule has 1 aromatic carbocycles. The molecule has 20 heavy (non-hydrogen) atoms. The Balaban J connectivity index is 1.87. The van der Waals surface area contributed by atoms with E-state index in [1.54, 1.807) is 6.07 Å². The summed E-state index contributed by atoms with van der Waals surface area (Å²) in [5, 5.41) is 9.68. The van der Waals surface area contributed by atoms with Crippen molar-refractivity contribution in [3.05, 3.63) is 30.3 Å². The van der Waals surface area contributed by atoms with Crippen molar-refractivity contribution >= 4 is 22.8 Å². The van der Waals surface area contributed by atoms with Crippen molar-refractivity contribution in [2.75, 3.05) is 5.32 Å². The van der Waals surface area contributed by atoms with Crippen molar-refractivity contribution in [1.29, 1.82) is 0 Å². The van der Waals surface area contributed by atoms with Crippen LogP contribution in [0.4, 0.5) is 5.82 Å². The molecule has 0 atom stereocenters. The summed E-state index contributed by atoms with van der Waals surface area (Å²) in [6.07, 6.45) is 0. The molecule has 3 rings (SSSR count). The molecule has 0 radical (unpaired) electrons. The van der Waals surface area contributed by atoms with Crippen LogP contribution in [0.3, 0.4) is 0 Å². The van der Waals surface area contributed by atoms with Crippen LogP contribution >= 0.6 is 0 Å². The second kappa shape index (κ2) is 4.80. The Morgan fingerprint density at radius 2 is 2.10 bits per heavy atom. The lowest BCUT2D eigenvalue weighted by molar-refractivity contribution is -0.118. The van der Waals surface area contributed by atoms with E-state index in [2.05, 4.69) is 25.5 Å². The highest BCUT2D eigenvalue weighted by Gasteiger charge is 2.12. The van der Waals surface area contributed by atoms with E-state index < -0.39 is 0 Å². The summed E-state index contributed by atoms with van der Waals surface area (Å²) in [7, 11) is 0. The van der Waals surface area contributed by atoms with Gasteiger partial charge in [-0.05, 0) is 12.1 Å². The number of H-pyrrole nitrogens is 2. The molecule has 2 heterocycles. The number of nitrogens with zero attached hydrogens (tertiary/aromatic N) is 2. The van der Waals surface area contributed by atoms with Gasteiger partial charge in [0, 0.05) is 12.0 Å². The first-order valence-electron chi connectivity index (χ1n) is 6.45. The van der Waals surface area contributed by atoms with Gasteiger partial charge in [-0.3, -0.25) is 9.89 Å². The van der Waals surface area contributed by atoms with Gasteiger partial charge in [0.15, 0.2) is 11.6 Å². The largest absolute Gasteiger partial charge is 0.337 e. The number of nitrogens with one attached hydrogen (secondary N) is 3. The third-order valence-corrected chi connectivity index (χ3v) is 3.00. The first-order chi connectivity index (χ1) is 9.63. The standard InChI is InChI=1S/C14H15N5O/c1-8(2)14(20)17-12-7-11(18-19-12)13-15-9-5-3-4-6-10(9)16-13/h3-8H,1-2H3,(H,15,16)(H2,17,18,19,20). The van der Waals surface area contributed by atoms with Crippen molar-refractivity contribution in [2.45, 2.75) is 13.8 Å². The molecule has 0 aliphatic heterocycles. The maximum atomic E-state index is 11.6. The molecule has 2 aromatic heterocycles. The fraction of sp³-hybridized carbons (Fsp3) is 0.214. The zero-order valence-electron chi connectivity index (χ0n) is 11.3. The van der Waals surface area contributed by atoms with E-state index in [9.17, 15) is 4.79 Å². The summed E-state index contributed by atoms with van der Waals surface area (Å²) in [6, 6.07) is 9.55. The number of carbonyl (C=O) groups is 1. The van der Waals surface area contributed by atoms with Crippen molar-refractivity contribution in [3.63, 3.8) is 0 Å². The number of carbonyl (C=O) groups excluding carboxylic acids is 1. The highest BCUT2D eigenvalue weighted by molar-refractivity contribution is 5.91. The van der Waals surface area contributed by atoms with Crippen molar-refractivity contribution < 1.29 is 4.79 Å². The maximum Gasteiger partial charge on any atom is 0.228 e. The van der Waals surface area contributed by atoms with Crippen LogP contribution in [-0.4, -0.2) is 26.1 Å². The Hall–Kier alpha value is -2.63. The van der Waals surface area contributed by atoms with E-state index in [1.165, 1.54) is 0 Å². The second-order valence-electron chi connectivity index (χ2n) is 4.91. The molecule has 1 amide bonds. The molecule has 0 aliphatic rings. The number of rotatable bonds is 3. The van der Waals surface area contributed by atoms with E-state index in [1.807, 2.05) is 38.1 Å². The van der Waals surface area contributed by atoms with Crippen LogP contribution < -0.4 is 5.32 Å². The third kappa shape index (κ3) is 2.27. The fourth-order valence-electron chi connectivity index (χ4n) is 1.86. The van der Waals surface area contributed by atoms with Crippen molar-refractivity contribution in [1.82, 2.24) is 20.2 Å². The lowest BCUT2D eigenvalue weighted by Gasteiger charge is -2.02. The number of aromatic nitrogens is 4. The maximum absolute atomic E-state index is 11.6. The van der Waals surface area contributed by atoms with Crippen LogP contribution in [0.1, 0.15) is 13.8 Å². The number of para-hydroxylation sites is 2. The van der Waals surface area contributed by atoms with Crippen LogP contribution in [0.15, 0.2) is 30.3 Å². The highest BCUT2D eigenvalue weighted by Crippen LogP contribution is 2.20. The Kier molecular flexibility index (Phi) is 2.98. The number of hydrogen-bond acceptors (Lipinski definition) is 3. The van der Waals surface area contributed by atoms with Crippen molar-refractivity contribution in [3.8, 4) is 11.5 Å². The normalized spacial score (nSPS) is 11.2. The molecule has 0 spiro atoms. The van der Waals surface area contributed by atoms with Gasteiger partial charge < -0.3 is 10.3 Å². The van der Waals surface area contributed by atoms with Gasteiger partial charge in [-0.2, -0.15) is 5.10 Å². The number of amides is 1. The number of benzene rings is 1. The molecule has 0 aliphatic carbocycles. The Bertz CT molecular complexity index is 723. The molecule has 3 aromatic rings. The van der Waals surface area contributed by atoms with Crippen LogP contribution in [-0.2, 0) is 4.79 Å². The Morgan fingerprint density at radius 1 is 1.30 bits per heavy atom. The molecule has 3 N–H and O–H groups in total. The monoisotopic (exact) mass is 269 g/mol. The predicted molar refractivity (Wildman–Crippen MR) is 77.1 cm³/mol. The van der Waals surface area contributed by atoms with Crippen LogP contribution in [0.2, 0.25) is 0 Å². The minimum atomic E-state index is -0.0821. The molecular formula is C14H15N5O. The molecular weight excluding hydrogens is 254 g/mol. The molecule has 0 fully saturated rings. The van der Waals surface area contributed by atoms with E-state index in [4.69, 9.17) is 0 Å². The van der Waals surface area contributed by atoms with Gasteiger partial charge in [0.2, 0.25) is 5.91 Å². The van der Waals surface area contributed by atoms with Crippen LogP contribution in [0.25, 0.3) is 22.6 Å². The van der Waals surface area contributed by atoms with E-state index >= 15 is 0 Å². The van der Waals surface area contributed by atoms with Crippen molar-refractivity contribution in [2.24, 2.45) is 5.92 Å². The number of hydrogen-bond donors (Lipinski definition) is 3. The molecule has 0 unspecified atom stereocenters. The van der Waals surface area contributed by atoms with Gasteiger partial charge >= 0.3 is 0 Å². The second-order valence-corrected chi connectivity index (χ2v) is 4.91. The number of aromatic amines is 2. The molecule has 0 saturated heterocycles. The summed E-state index contributed by atoms with van der Waals surface area (Å²) in [5.41, 5.74) is 2.59.